The van der Waals surface area contributed by atoms with Gasteiger partial charge < -0.3 is 19.9 Å². The van der Waals surface area contributed by atoms with Gasteiger partial charge in [0.15, 0.2) is 0 Å². The van der Waals surface area contributed by atoms with Crippen LogP contribution in [0.5, 0.6) is 0 Å². The second-order valence-electron chi connectivity index (χ2n) is 4.96. The number of rotatable bonds is 4. The van der Waals surface area contributed by atoms with E-state index in [1.54, 1.807) is 4.90 Å². The highest BCUT2D eigenvalue weighted by atomic mass is 16.5. The van der Waals surface area contributed by atoms with Crippen molar-refractivity contribution in [2.75, 3.05) is 51.8 Å². The third-order valence-electron chi connectivity index (χ3n) is 3.68. The maximum Gasteiger partial charge on any atom is 0.409 e. The van der Waals surface area contributed by atoms with Gasteiger partial charge in [-0.1, -0.05) is 12.1 Å². The van der Waals surface area contributed by atoms with Crippen molar-refractivity contribution in [1.82, 2.24) is 10.2 Å². The monoisotopic (exact) mass is 277 g/mol. The Hall–Kier alpha value is -1.75. The fourth-order valence-corrected chi connectivity index (χ4v) is 2.42. The maximum atomic E-state index is 11.4. The molecule has 0 radical (unpaired) electrons. The van der Waals surface area contributed by atoms with Crippen LogP contribution < -0.4 is 10.2 Å². The van der Waals surface area contributed by atoms with Crippen molar-refractivity contribution < 1.29 is 9.53 Å². The third kappa shape index (κ3) is 3.63. The molecular weight excluding hydrogens is 254 g/mol. The number of anilines is 1. The summed E-state index contributed by atoms with van der Waals surface area (Å²) in [6.07, 6.45) is 0.819. The number of hydrogen-bond acceptors (Lipinski definition) is 4. The summed E-state index contributed by atoms with van der Waals surface area (Å²) >= 11 is 0. The maximum absolute atomic E-state index is 11.4. The Morgan fingerprint density at radius 1 is 1.20 bits per heavy atom. The second kappa shape index (κ2) is 7.14. The molecule has 1 saturated heterocycles. The first-order valence-electron chi connectivity index (χ1n) is 7.06. The minimum absolute atomic E-state index is 0.230. The molecule has 0 spiro atoms. The summed E-state index contributed by atoms with van der Waals surface area (Å²) in [5.74, 6) is 0. The lowest BCUT2D eigenvalue weighted by molar-refractivity contribution is 0.121. The van der Waals surface area contributed by atoms with E-state index < -0.39 is 0 Å². The van der Waals surface area contributed by atoms with E-state index in [0.717, 1.165) is 26.1 Å². The fourth-order valence-electron chi connectivity index (χ4n) is 2.42. The lowest BCUT2D eigenvalue weighted by Gasteiger charge is -2.35. The number of carbonyl (C=O) groups is 1. The smallest absolute Gasteiger partial charge is 0.409 e. The first kappa shape index (κ1) is 14.7. The molecular formula is C15H23N3O2. The molecule has 1 aromatic rings. The van der Waals surface area contributed by atoms with Crippen LogP contribution in [0.1, 0.15) is 5.56 Å². The molecule has 0 aliphatic carbocycles. The number of methoxy groups -OCH3 is 1. The zero-order valence-electron chi connectivity index (χ0n) is 12.3. The first-order chi connectivity index (χ1) is 9.74. The predicted molar refractivity (Wildman–Crippen MR) is 80.3 cm³/mol. The molecule has 0 saturated carbocycles. The molecule has 110 valence electrons. The summed E-state index contributed by atoms with van der Waals surface area (Å²) in [6.45, 7) is 4.13. The lowest BCUT2D eigenvalue weighted by atomic mass is 10.1. The molecule has 1 heterocycles. The van der Waals surface area contributed by atoms with Crippen molar-refractivity contribution in [3.8, 4) is 0 Å². The van der Waals surface area contributed by atoms with Crippen molar-refractivity contribution in [3.05, 3.63) is 29.8 Å². The molecule has 0 atom stereocenters. The van der Waals surface area contributed by atoms with Crippen LogP contribution in [-0.2, 0) is 11.2 Å². The Balaban J connectivity index is 1.88. The Bertz CT molecular complexity index is 425. The standard InChI is InChI=1S/C15H23N3O2/c1-16-8-7-13-3-5-14(6-4-13)17-9-11-18(12-10-17)15(19)20-2/h3-6,16H,7-12H2,1-2H3. The van der Waals surface area contributed by atoms with Crippen molar-refractivity contribution >= 4 is 11.8 Å². The molecule has 2 rings (SSSR count). The summed E-state index contributed by atoms with van der Waals surface area (Å²) in [6, 6.07) is 8.69. The number of likely N-dealkylation sites (N-methyl/N-ethyl adjacent to an activating group) is 1. The number of nitrogens with zero attached hydrogens (tertiary/aromatic N) is 2. The van der Waals surface area contributed by atoms with Gasteiger partial charge in [-0.15, -0.1) is 0 Å². The SMILES string of the molecule is CNCCc1ccc(N2CCN(C(=O)OC)CC2)cc1. The number of ether oxygens (including phenoxy) is 1. The van der Waals surface area contributed by atoms with Crippen molar-refractivity contribution in [1.29, 1.82) is 0 Å². The van der Waals surface area contributed by atoms with E-state index in [1.807, 2.05) is 7.05 Å². The van der Waals surface area contributed by atoms with Crippen LogP contribution in [0.3, 0.4) is 0 Å². The summed E-state index contributed by atoms with van der Waals surface area (Å²) in [7, 11) is 3.40. The topological polar surface area (TPSA) is 44.8 Å². The number of hydrogen-bond donors (Lipinski definition) is 1. The molecule has 1 amide bonds. The molecule has 1 aromatic carbocycles. The van der Waals surface area contributed by atoms with Crippen LogP contribution in [0.15, 0.2) is 24.3 Å². The van der Waals surface area contributed by atoms with Gasteiger partial charge in [0.05, 0.1) is 7.11 Å². The van der Waals surface area contributed by atoms with Crippen molar-refractivity contribution in [3.63, 3.8) is 0 Å². The lowest BCUT2D eigenvalue weighted by Crippen LogP contribution is -2.48. The number of amides is 1. The van der Waals surface area contributed by atoms with Crippen LogP contribution in [0, 0.1) is 0 Å². The largest absolute Gasteiger partial charge is 0.453 e. The van der Waals surface area contributed by atoms with Crippen LogP contribution >= 0.6 is 0 Å². The van der Waals surface area contributed by atoms with E-state index >= 15 is 0 Å². The van der Waals surface area contributed by atoms with E-state index in [0.29, 0.717) is 13.1 Å². The highest BCUT2D eigenvalue weighted by molar-refractivity contribution is 5.68. The average molecular weight is 277 g/mol. The van der Waals surface area contributed by atoms with Gasteiger partial charge in [0.1, 0.15) is 0 Å². The minimum atomic E-state index is -0.230. The number of carbonyl (C=O) groups excluding carboxylic acids is 1. The molecule has 0 aromatic heterocycles. The van der Waals surface area contributed by atoms with Gasteiger partial charge in [-0.05, 0) is 37.7 Å². The predicted octanol–water partition coefficient (Wildman–Crippen LogP) is 1.34. The molecule has 5 heteroatoms. The first-order valence-corrected chi connectivity index (χ1v) is 7.06. The molecule has 1 aliphatic rings. The molecule has 1 N–H and O–H groups in total. The minimum Gasteiger partial charge on any atom is -0.453 e. The zero-order valence-corrected chi connectivity index (χ0v) is 12.3. The van der Waals surface area contributed by atoms with Gasteiger partial charge >= 0.3 is 6.09 Å². The number of nitrogens with one attached hydrogen (secondary N) is 1. The summed E-state index contributed by atoms with van der Waals surface area (Å²) in [4.78, 5) is 15.5. The number of benzene rings is 1. The van der Waals surface area contributed by atoms with E-state index in [-0.39, 0.29) is 6.09 Å². The second-order valence-corrected chi connectivity index (χ2v) is 4.96. The fraction of sp³-hybridized carbons (Fsp3) is 0.533. The van der Waals surface area contributed by atoms with Crippen molar-refractivity contribution in [2.24, 2.45) is 0 Å². The molecule has 20 heavy (non-hydrogen) atoms. The molecule has 5 nitrogen and oxygen atoms in total. The highest BCUT2D eigenvalue weighted by Gasteiger charge is 2.21. The Labute approximate surface area is 120 Å². The van der Waals surface area contributed by atoms with Crippen LogP contribution in [0.4, 0.5) is 10.5 Å². The van der Waals surface area contributed by atoms with Crippen LogP contribution in [0.25, 0.3) is 0 Å². The molecule has 0 unspecified atom stereocenters. The normalized spacial score (nSPS) is 15.3. The molecule has 0 bridgehead atoms. The van der Waals surface area contributed by atoms with Crippen LogP contribution in [-0.4, -0.2) is 57.9 Å². The Morgan fingerprint density at radius 3 is 2.40 bits per heavy atom. The van der Waals surface area contributed by atoms with Gasteiger partial charge in [0, 0.05) is 31.9 Å². The van der Waals surface area contributed by atoms with Crippen molar-refractivity contribution in [2.45, 2.75) is 6.42 Å². The summed E-state index contributed by atoms with van der Waals surface area (Å²) in [5, 5.41) is 3.16. The third-order valence-corrected chi connectivity index (χ3v) is 3.68. The van der Waals surface area contributed by atoms with E-state index in [1.165, 1.54) is 18.4 Å². The van der Waals surface area contributed by atoms with Crippen LogP contribution in [0.2, 0.25) is 0 Å². The van der Waals surface area contributed by atoms with E-state index in [4.69, 9.17) is 4.74 Å². The molecule has 1 fully saturated rings. The number of piperazine rings is 1. The van der Waals surface area contributed by atoms with Gasteiger partial charge in [-0.3, -0.25) is 0 Å². The van der Waals surface area contributed by atoms with E-state index in [9.17, 15) is 4.79 Å². The highest BCUT2D eigenvalue weighted by Crippen LogP contribution is 2.17. The Kier molecular flexibility index (Phi) is 5.24. The average Bonchev–Trinajstić information content (AvgIpc) is 2.53. The zero-order chi connectivity index (χ0) is 14.4. The Morgan fingerprint density at radius 2 is 1.85 bits per heavy atom. The van der Waals surface area contributed by atoms with Gasteiger partial charge in [0.2, 0.25) is 0 Å². The van der Waals surface area contributed by atoms with Gasteiger partial charge in [0.25, 0.3) is 0 Å². The van der Waals surface area contributed by atoms with E-state index in [2.05, 4.69) is 34.5 Å². The molecule has 1 aliphatic heterocycles. The summed E-state index contributed by atoms with van der Waals surface area (Å²) < 4.78 is 4.75. The van der Waals surface area contributed by atoms with Gasteiger partial charge in [-0.25, -0.2) is 4.79 Å². The summed E-state index contributed by atoms with van der Waals surface area (Å²) in [5.41, 5.74) is 2.57. The van der Waals surface area contributed by atoms with Gasteiger partial charge in [-0.2, -0.15) is 0 Å². The quantitative estimate of drug-likeness (QED) is 0.902.